The fraction of sp³-hybridized carbons (Fsp3) is 0.545. The van der Waals surface area contributed by atoms with E-state index in [0.29, 0.717) is 0 Å². The van der Waals surface area contributed by atoms with Crippen molar-refractivity contribution in [2.24, 2.45) is 0 Å². The molecule has 6 heteroatoms. The predicted octanol–water partition coefficient (Wildman–Crippen LogP) is -0.00802. The number of ether oxygens (including phenoxy) is 1. The molecule has 6 nitrogen and oxygen atoms in total. The van der Waals surface area contributed by atoms with Crippen LogP contribution in [0.5, 0.6) is 0 Å². The van der Waals surface area contributed by atoms with E-state index in [4.69, 9.17) is 10.00 Å². The molecule has 1 aromatic heterocycles. The van der Waals surface area contributed by atoms with E-state index < -0.39 is 0 Å². The van der Waals surface area contributed by atoms with E-state index in [2.05, 4.69) is 10.00 Å². The Morgan fingerprint density at radius 2 is 2.53 bits per heavy atom. The molecular formula is C11H14N4O2. The van der Waals surface area contributed by atoms with Crippen LogP contribution in [-0.2, 0) is 11.3 Å². The van der Waals surface area contributed by atoms with Gasteiger partial charge in [0.1, 0.15) is 6.54 Å². The Bertz CT molecular complexity index is 491. The van der Waals surface area contributed by atoms with Gasteiger partial charge in [-0.1, -0.05) is 0 Å². The highest BCUT2D eigenvalue weighted by Crippen LogP contribution is 2.18. The molecule has 1 saturated heterocycles. The van der Waals surface area contributed by atoms with Crippen molar-refractivity contribution in [2.75, 3.05) is 25.1 Å². The second-order valence-corrected chi connectivity index (χ2v) is 3.96. The van der Waals surface area contributed by atoms with Gasteiger partial charge < -0.3 is 9.64 Å². The summed E-state index contributed by atoms with van der Waals surface area (Å²) < 4.78 is 6.41. The fourth-order valence-electron chi connectivity index (χ4n) is 1.94. The molecule has 0 saturated carbocycles. The normalized spacial score (nSPS) is 19.3. The van der Waals surface area contributed by atoms with Crippen LogP contribution in [0.1, 0.15) is 6.42 Å². The molecule has 0 amide bonds. The van der Waals surface area contributed by atoms with Gasteiger partial charge in [0.05, 0.1) is 24.1 Å². The third-order valence-electron chi connectivity index (χ3n) is 2.92. The van der Waals surface area contributed by atoms with Crippen molar-refractivity contribution in [3.63, 3.8) is 0 Å². The van der Waals surface area contributed by atoms with Gasteiger partial charge >= 0.3 is 0 Å². The molecular weight excluding hydrogens is 220 g/mol. The van der Waals surface area contributed by atoms with E-state index in [0.717, 1.165) is 29.9 Å². The Kier molecular flexibility index (Phi) is 3.40. The van der Waals surface area contributed by atoms with Gasteiger partial charge in [0.2, 0.25) is 0 Å². The van der Waals surface area contributed by atoms with Crippen LogP contribution in [0.3, 0.4) is 0 Å². The number of hydrogen-bond acceptors (Lipinski definition) is 5. The molecule has 1 unspecified atom stereocenters. The average molecular weight is 234 g/mol. The molecule has 0 bridgehead atoms. The SMILES string of the molecule is COC1CCN(c2cnn(CC#N)c(=O)c2)C1. The third-order valence-corrected chi connectivity index (χ3v) is 2.92. The number of aromatic nitrogens is 2. The first-order valence-corrected chi connectivity index (χ1v) is 5.46. The average Bonchev–Trinajstić information content (AvgIpc) is 2.80. The Morgan fingerprint density at radius 1 is 1.71 bits per heavy atom. The maximum atomic E-state index is 11.6. The maximum absolute atomic E-state index is 11.6. The van der Waals surface area contributed by atoms with Crippen LogP contribution in [0, 0.1) is 11.3 Å². The topological polar surface area (TPSA) is 71.2 Å². The molecule has 1 aliphatic heterocycles. The number of anilines is 1. The summed E-state index contributed by atoms with van der Waals surface area (Å²) in [6, 6.07) is 3.41. The fourth-order valence-corrected chi connectivity index (χ4v) is 1.94. The largest absolute Gasteiger partial charge is 0.380 e. The molecule has 0 aliphatic carbocycles. The Labute approximate surface area is 99.0 Å². The van der Waals surface area contributed by atoms with Crippen molar-refractivity contribution in [3.05, 3.63) is 22.6 Å². The van der Waals surface area contributed by atoms with E-state index in [1.807, 2.05) is 6.07 Å². The maximum Gasteiger partial charge on any atom is 0.269 e. The minimum atomic E-state index is -0.245. The highest BCUT2D eigenvalue weighted by molar-refractivity contribution is 5.44. The zero-order chi connectivity index (χ0) is 12.3. The summed E-state index contributed by atoms with van der Waals surface area (Å²) >= 11 is 0. The molecule has 1 fully saturated rings. The number of nitriles is 1. The van der Waals surface area contributed by atoms with Crippen molar-refractivity contribution < 1.29 is 4.74 Å². The van der Waals surface area contributed by atoms with E-state index in [-0.39, 0.29) is 18.2 Å². The molecule has 1 aromatic rings. The first kappa shape index (κ1) is 11.6. The lowest BCUT2D eigenvalue weighted by Gasteiger charge is -2.17. The van der Waals surface area contributed by atoms with Gasteiger partial charge in [0.25, 0.3) is 5.56 Å². The van der Waals surface area contributed by atoms with Crippen LogP contribution < -0.4 is 10.5 Å². The Hall–Kier alpha value is -1.87. The summed E-state index contributed by atoms with van der Waals surface area (Å²) in [6.45, 7) is 1.63. The van der Waals surface area contributed by atoms with Gasteiger partial charge in [-0.3, -0.25) is 4.79 Å². The second-order valence-electron chi connectivity index (χ2n) is 3.96. The number of methoxy groups -OCH3 is 1. The lowest BCUT2D eigenvalue weighted by atomic mass is 10.3. The lowest BCUT2D eigenvalue weighted by molar-refractivity contribution is 0.121. The summed E-state index contributed by atoms with van der Waals surface area (Å²) in [5, 5.41) is 12.5. The predicted molar refractivity (Wildman–Crippen MR) is 61.7 cm³/mol. The van der Waals surface area contributed by atoms with Gasteiger partial charge in [0, 0.05) is 26.3 Å². The molecule has 2 rings (SSSR count). The number of nitrogens with zero attached hydrogens (tertiary/aromatic N) is 4. The zero-order valence-corrected chi connectivity index (χ0v) is 9.67. The van der Waals surface area contributed by atoms with E-state index >= 15 is 0 Å². The van der Waals surface area contributed by atoms with Crippen molar-refractivity contribution in [3.8, 4) is 6.07 Å². The van der Waals surface area contributed by atoms with Crippen molar-refractivity contribution in [1.29, 1.82) is 5.26 Å². The summed E-state index contributed by atoms with van der Waals surface area (Å²) in [4.78, 5) is 13.7. The van der Waals surface area contributed by atoms with Gasteiger partial charge in [0.15, 0.2) is 0 Å². The number of hydrogen-bond donors (Lipinski definition) is 0. The van der Waals surface area contributed by atoms with Crippen LogP contribution in [-0.4, -0.2) is 36.1 Å². The lowest BCUT2D eigenvalue weighted by Crippen LogP contribution is -2.27. The standard InChI is InChI=1S/C11H14N4O2/c1-17-10-2-4-14(8-10)9-6-11(16)15(5-3-12)13-7-9/h6-7,10H,2,4-5,8H2,1H3. The third kappa shape index (κ3) is 2.45. The Balaban J connectivity index is 2.16. The Morgan fingerprint density at radius 3 is 3.12 bits per heavy atom. The minimum Gasteiger partial charge on any atom is -0.380 e. The first-order valence-electron chi connectivity index (χ1n) is 5.46. The molecule has 0 radical (unpaired) electrons. The molecule has 2 heterocycles. The minimum absolute atomic E-state index is 0.0141. The number of rotatable bonds is 3. The van der Waals surface area contributed by atoms with Crippen LogP contribution in [0.2, 0.25) is 0 Å². The molecule has 0 aromatic carbocycles. The smallest absolute Gasteiger partial charge is 0.269 e. The zero-order valence-electron chi connectivity index (χ0n) is 9.67. The summed E-state index contributed by atoms with van der Waals surface area (Å²) in [7, 11) is 1.69. The van der Waals surface area contributed by atoms with Crippen LogP contribution in [0.25, 0.3) is 0 Å². The molecule has 0 N–H and O–H groups in total. The molecule has 1 aliphatic rings. The van der Waals surface area contributed by atoms with Gasteiger partial charge in [-0.25, -0.2) is 4.68 Å². The molecule has 17 heavy (non-hydrogen) atoms. The van der Waals surface area contributed by atoms with Crippen LogP contribution >= 0.6 is 0 Å². The first-order chi connectivity index (χ1) is 8.24. The summed E-state index contributed by atoms with van der Waals surface area (Å²) in [5.41, 5.74) is 0.550. The van der Waals surface area contributed by atoms with Crippen LogP contribution in [0.4, 0.5) is 5.69 Å². The monoisotopic (exact) mass is 234 g/mol. The van der Waals surface area contributed by atoms with E-state index in [9.17, 15) is 4.79 Å². The summed E-state index contributed by atoms with van der Waals surface area (Å²) in [5.74, 6) is 0. The molecule has 1 atom stereocenters. The molecule has 90 valence electrons. The van der Waals surface area contributed by atoms with Crippen molar-refractivity contribution >= 4 is 5.69 Å². The highest BCUT2D eigenvalue weighted by Gasteiger charge is 2.22. The highest BCUT2D eigenvalue weighted by atomic mass is 16.5. The van der Waals surface area contributed by atoms with Crippen LogP contribution in [0.15, 0.2) is 17.1 Å². The van der Waals surface area contributed by atoms with E-state index in [1.165, 1.54) is 6.07 Å². The second kappa shape index (κ2) is 4.97. The van der Waals surface area contributed by atoms with Crippen molar-refractivity contribution in [1.82, 2.24) is 9.78 Å². The van der Waals surface area contributed by atoms with Gasteiger partial charge in [-0.2, -0.15) is 10.4 Å². The quantitative estimate of drug-likeness (QED) is 0.735. The van der Waals surface area contributed by atoms with Crippen molar-refractivity contribution in [2.45, 2.75) is 19.1 Å². The molecule has 0 spiro atoms. The van der Waals surface area contributed by atoms with E-state index in [1.54, 1.807) is 13.3 Å². The van der Waals surface area contributed by atoms with Gasteiger partial charge in [-0.05, 0) is 6.42 Å². The summed E-state index contributed by atoms with van der Waals surface area (Å²) in [6.07, 6.45) is 2.80. The van der Waals surface area contributed by atoms with Gasteiger partial charge in [-0.15, -0.1) is 0 Å².